The van der Waals surface area contributed by atoms with Gasteiger partial charge in [0.05, 0.1) is 12.8 Å². The van der Waals surface area contributed by atoms with Gasteiger partial charge in [0, 0.05) is 23.1 Å². The summed E-state index contributed by atoms with van der Waals surface area (Å²) in [5.74, 6) is 0.161. The standard InChI is InChI=1S/C21H18FN3O2S/c1-12-4-7-15(10-17(12)22)23-20(26)19-13(2)25-11-18(24-21(25)28-19)14-5-8-16(27-3)9-6-14/h4-11H,1-3H3,(H,23,26). The molecule has 7 heteroatoms. The number of anilines is 1. The van der Waals surface area contributed by atoms with Crippen LogP contribution in [0.25, 0.3) is 16.2 Å². The summed E-state index contributed by atoms with van der Waals surface area (Å²) in [6, 6.07) is 12.3. The van der Waals surface area contributed by atoms with E-state index in [0.29, 0.717) is 16.1 Å². The molecule has 1 N–H and O–H groups in total. The number of aromatic nitrogens is 2. The van der Waals surface area contributed by atoms with Gasteiger partial charge in [-0.3, -0.25) is 9.20 Å². The van der Waals surface area contributed by atoms with Crippen molar-refractivity contribution in [2.45, 2.75) is 13.8 Å². The summed E-state index contributed by atoms with van der Waals surface area (Å²) in [7, 11) is 1.63. The molecule has 5 nitrogen and oxygen atoms in total. The van der Waals surface area contributed by atoms with E-state index in [-0.39, 0.29) is 11.7 Å². The lowest BCUT2D eigenvalue weighted by Crippen LogP contribution is -2.12. The van der Waals surface area contributed by atoms with Gasteiger partial charge < -0.3 is 10.1 Å². The molecule has 0 saturated carbocycles. The smallest absolute Gasteiger partial charge is 0.267 e. The molecule has 0 aliphatic rings. The molecule has 0 fully saturated rings. The van der Waals surface area contributed by atoms with Crippen molar-refractivity contribution in [3.05, 3.63) is 70.6 Å². The van der Waals surface area contributed by atoms with Crippen LogP contribution in [0.4, 0.5) is 10.1 Å². The molecule has 4 rings (SSSR count). The molecule has 28 heavy (non-hydrogen) atoms. The lowest BCUT2D eigenvalue weighted by Gasteiger charge is -2.05. The van der Waals surface area contributed by atoms with Crippen molar-refractivity contribution in [3.63, 3.8) is 0 Å². The largest absolute Gasteiger partial charge is 0.497 e. The molecular weight excluding hydrogens is 377 g/mol. The number of halogens is 1. The van der Waals surface area contributed by atoms with E-state index in [9.17, 15) is 9.18 Å². The highest BCUT2D eigenvalue weighted by atomic mass is 32.1. The summed E-state index contributed by atoms with van der Waals surface area (Å²) in [4.78, 5) is 18.6. The molecule has 0 unspecified atom stereocenters. The van der Waals surface area contributed by atoms with E-state index >= 15 is 0 Å². The van der Waals surface area contributed by atoms with Crippen molar-refractivity contribution in [3.8, 4) is 17.0 Å². The van der Waals surface area contributed by atoms with Crippen LogP contribution in [0.3, 0.4) is 0 Å². The van der Waals surface area contributed by atoms with Crippen LogP contribution < -0.4 is 10.1 Å². The Morgan fingerprint density at radius 2 is 1.93 bits per heavy atom. The third kappa shape index (κ3) is 3.25. The summed E-state index contributed by atoms with van der Waals surface area (Å²) in [5, 5.41) is 2.75. The Kier molecular flexibility index (Phi) is 4.60. The third-order valence-electron chi connectivity index (χ3n) is 4.58. The van der Waals surface area contributed by atoms with E-state index in [2.05, 4.69) is 10.3 Å². The number of nitrogens with one attached hydrogen (secondary N) is 1. The maximum atomic E-state index is 13.7. The molecule has 0 bridgehead atoms. The van der Waals surface area contributed by atoms with Gasteiger partial charge in [0.2, 0.25) is 0 Å². The van der Waals surface area contributed by atoms with Gasteiger partial charge in [-0.15, -0.1) is 0 Å². The molecule has 0 radical (unpaired) electrons. The van der Waals surface area contributed by atoms with Gasteiger partial charge >= 0.3 is 0 Å². The Morgan fingerprint density at radius 1 is 1.18 bits per heavy atom. The van der Waals surface area contributed by atoms with Gasteiger partial charge in [-0.1, -0.05) is 17.4 Å². The number of imidazole rings is 1. The molecule has 0 saturated heterocycles. The molecule has 2 aromatic heterocycles. The summed E-state index contributed by atoms with van der Waals surface area (Å²) in [6.45, 7) is 3.55. The number of ether oxygens (including phenoxy) is 1. The second-order valence-electron chi connectivity index (χ2n) is 6.44. The van der Waals surface area contributed by atoms with Gasteiger partial charge in [-0.25, -0.2) is 9.37 Å². The van der Waals surface area contributed by atoms with Gasteiger partial charge in [0.15, 0.2) is 4.96 Å². The Bertz CT molecular complexity index is 1180. The van der Waals surface area contributed by atoms with Crippen LogP contribution in [0.1, 0.15) is 20.9 Å². The maximum absolute atomic E-state index is 13.7. The summed E-state index contributed by atoms with van der Waals surface area (Å²) < 4.78 is 20.8. The second kappa shape index (κ2) is 7.09. The highest BCUT2D eigenvalue weighted by Gasteiger charge is 2.18. The van der Waals surface area contributed by atoms with E-state index in [4.69, 9.17) is 4.74 Å². The minimum Gasteiger partial charge on any atom is -0.497 e. The number of carbonyl (C=O) groups excluding carboxylic acids is 1. The third-order valence-corrected chi connectivity index (χ3v) is 5.73. The number of fused-ring (bicyclic) bond motifs is 1. The van der Waals surface area contributed by atoms with Crippen LogP contribution in [-0.4, -0.2) is 22.4 Å². The maximum Gasteiger partial charge on any atom is 0.267 e. The number of hydrogen-bond donors (Lipinski definition) is 1. The van der Waals surface area contributed by atoms with E-state index in [1.807, 2.05) is 41.8 Å². The minimum atomic E-state index is -0.348. The average Bonchev–Trinajstić information content (AvgIpc) is 3.24. The number of hydrogen-bond acceptors (Lipinski definition) is 4. The van der Waals surface area contributed by atoms with Crippen LogP contribution in [-0.2, 0) is 0 Å². The van der Waals surface area contributed by atoms with Crippen LogP contribution >= 0.6 is 11.3 Å². The van der Waals surface area contributed by atoms with E-state index in [1.165, 1.54) is 17.4 Å². The molecule has 4 aromatic rings. The number of rotatable bonds is 4. The van der Waals surface area contributed by atoms with Gasteiger partial charge in [-0.05, 0) is 55.8 Å². The average molecular weight is 395 g/mol. The first kappa shape index (κ1) is 18.2. The van der Waals surface area contributed by atoms with E-state index < -0.39 is 0 Å². The predicted molar refractivity (Wildman–Crippen MR) is 109 cm³/mol. The Balaban J connectivity index is 1.61. The van der Waals surface area contributed by atoms with Crippen LogP contribution in [0.15, 0.2) is 48.7 Å². The minimum absolute atomic E-state index is 0.276. The number of carbonyl (C=O) groups is 1. The van der Waals surface area contributed by atoms with Gasteiger partial charge in [0.1, 0.15) is 16.4 Å². The molecule has 1 amide bonds. The summed E-state index contributed by atoms with van der Waals surface area (Å²) in [6.07, 6.45) is 1.91. The zero-order chi connectivity index (χ0) is 19.8. The Morgan fingerprint density at radius 3 is 2.57 bits per heavy atom. The first-order chi connectivity index (χ1) is 13.5. The number of nitrogens with zero attached hydrogens (tertiary/aromatic N) is 2. The van der Waals surface area contributed by atoms with Crippen LogP contribution in [0, 0.1) is 19.7 Å². The molecule has 0 atom stereocenters. The SMILES string of the molecule is COc1ccc(-c2cn3c(C)c(C(=O)Nc4ccc(C)c(F)c4)sc3n2)cc1. The fourth-order valence-corrected chi connectivity index (χ4v) is 3.92. The highest BCUT2D eigenvalue weighted by Crippen LogP contribution is 2.28. The lowest BCUT2D eigenvalue weighted by atomic mass is 10.2. The number of benzene rings is 2. The monoisotopic (exact) mass is 395 g/mol. The first-order valence-corrected chi connectivity index (χ1v) is 9.48. The molecule has 0 aliphatic carbocycles. The molecule has 2 heterocycles. The Labute approximate surface area is 165 Å². The van der Waals surface area contributed by atoms with Crippen LogP contribution in [0.2, 0.25) is 0 Å². The quantitative estimate of drug-likeness (QED) is 0.524. The van der Waals surface area contributed by atoms with Crippen molar-refractivity contribution in [1.82, 2.24) is 9.38 Å². The highest BCUT2D eigenvalue weighted by molar-refractivity contribution is 7.19. The van der Waals surface area contributed by atoms with Crippen molar-refractivity contribution in [2.75, 3.05) is 12.4 Å². The van der Waals surface area contributed by atoms with Gasteiger partial charge in [-0.2, -0.15) is 0 Å². The second-order valence-corrected chi connectivity index (χ2v) is 7.42. The number of aryl methyl sites for hydroxylation is 2. The Hall–Kier alpha value is -3.19. The van der Waals surface area contributed by atoms with E-state index in [0.717, 1.165) is 27.7 Å². The predicted octanol–water partition coefficient (Wildman–Crippen LogP) is 5.08. The fraction of sp³-hybridized carbons (Fsp3) is 0.143. The molecule has 2 aromatic carbocycles. The molecule has 0 aliphatic heterocycles. The fourth-order valence-electron chi connectivity index (χ4n) is 2.92. The summed E-state index contributed by atoms with van der Waals surface area (Å²) >= 11 is 1.30. The van der Waals surface area contributed by atoms with Crippen LogP contribution in [0.5, 0.6) is 5.75 Å². The lowest BCUT2D eigenvalue weighted by molar-refractivity contribution is 0.102. The van der Waals surface area contributed by atoms with E-state index in [1.54, 1.807) is 26.2 Å². The topological polar surface area (TPSA) is 55.6 Å². The molecule has 142 valence electrons. The zero-order valence-corrected chi connectivity index (χ0v) is 16.4. The van der Waals surface area contributed by atoms with Crippen molar-refractivity contribution < 1.29 is 13.9 Å². The van der Waals surface area contributed by atoms with Gasteiger partial charge in [0.25, 0.3) is 5.91 Å². The van der Waals surface area contributed by atoms with Crippen molar-refractivity contribution >= 4 is 27.9 Å². The number of amides is 1. The van der Waals surface area contributed by atoms with Crippen molar-refractivity contribution in [1.29, 1.82) is 0 Å². The molecular formula is C21H18FN3O2S. The number of methoxy groups -OCH3 is 1. The van der Waals surface area contributed by atoms with Crippen molar-refractivity contribution in [2.24, 2.45) is 0 Å². The zero-order valence-electron chi connectivity index (χ0n) is 15.6. The first-order valence-electron chi connectivity index (χ1n) is 8.66. The number of thiazole rings is 1. The summed E-state index contributed by atoms with van der Waals surface area (Å²) in [5.41, 5.74) is 3.55. The normalized spacial score (nSPS) is 11.0. The molecule has 0 spiro atoms.